The average molecular weight is 178 g/mol. The Bertz CT molecular complexity index is 271. The molecule has 0 aliphatic carbocycles. The summed E-state index contributed by atoms with van der Waals surface area (Å²) >= 11 is 0. The van der Waals surface area contributed by atoms with Gasteiger partial charge in [0.25, 0.3) is 0 Å². The monoisotopic (exact) mass is 178 g/mol. The summed E-state index contributed by atoms with van der Waals surface area (Å²) in [5.74, 6) is -0.163. The Balaban J connectivity index is 2.77. The van der Waals surface area contributed by atoms with Crippen LogP contribution in [0.5, 0.6) is 0 Å². The molecule has 1 rings (SSSR count). The smallest absolute Gasteiger partial charge is 0.223 e. The van der Waals surface area contributed by atoms with Crippen LogP contribution in [0.3, 0.4) is 0 Å². The van der Waals surface area contributed by atoms with Crippen molar-refractivity contribution in [3.63, 3.8) is 0 Å². The molecule has 1 fully saturated rings. The molecule has 6 heteroatoms. The second-order valence-corrected chi connectivity index (χ2v) is 4.53. The van der Waals surface area contributed by atoms with Crippen LogP contribution in [0.4, 0.5) is 0 Å². The second-order valence-electron chi connectivity index (χ2n) is 2.69. The van der Waals surface area contributed by atoms with Crippen LogP contribution >= 0.6 is 0 Å². The summed E-state index contributed by atoms with van der Waals surface area (Å²) in [6.45, 7) is 0.220. The van der Waals surface area contributed by atoms with Gasteiger partial charge in [0.2, 0.25) is 15.9 Å². The Morgan fingerprint density at radius 2 is 2.18 bits per heavy atom. The number of likely N-dealkylation sites (tertiary alicyclic amines) is 1. The van der Waals surface area contributed by atoms with Crippen LogP contribution < -0.4 is 5.14 Å². The summed E-state index contributed by atoms with van der Waals surface area (Å²) in [5, 5.41) is 4.15. The number of primary sulfonamides is 1. The molecule has 1 atom stereocenters. The van der Waals surface area contributed by atoms with Crippen LogP contribution in [0.1, 0.15) is 6.42 Å². The zero-order valence-electron chi connectivity index (χ0n) is 6.15. The number of nitrogens with zero attached hydrogens (tertiary/aromatic N) is 1. The van der Waals surface area contributed by atoms with E-state index in [1.807, 2.05) is 0 Å². The molecule has 1 heterocycles. The molecule has 1 saturated heterocycles. The van der Waals surface area contributed by atoms with Gasteiger partial charge in [-0.05, 0) is 0 Å². The summed E-state index contributed by atoms with van der Waals surface area (Å²) < 4.78 is 21.4. The molecule has 5 nitrogen and oxygen atoms in total. The lowest BCUT2D eigenvalue weighted by atomic mass is 10.4. The Hall–Kier alpha value is -0.620. The first-order valence-electron chi connectivity index (χ1n) is 3.17. The SMILES string of the molecule is CN1CC(S(N)(=O)=O)CC1=O. The predicted molar refractivity (Wildman–Crippen MR) is 39.1 cm³/mol. The van der Waals surface area contributed by atoms with Crippen molar-refractivity contribution in [2.24, 2.45) is 5.14 Å². The summed E-state index contributed by atoms with van der Waals surface area (Å²) in [7, 11) is -1.97. The number of hydrogen-bond donors (Lipinski definition) is 1. The number of amides is 1. The summed E-state index contributed by atoms with van der Waals surface area (Å²) in [6.07, 6.45) is 0.0231. The van der Waals surface area contributed by atoms with E-state index in [1.165, 1.54) is 4.90 Å². The number of nitrogens with two attached hydrogens (primary N) is 1. The Kier molecular flexibility index (Phi) is 1.89. The molecule has 2 N–H and O–H groups in total. The predicted octanol–water partition coefficient (Wildman–Crippen LogP) is -1.49. The van der Waals surface area contributed by atoms with Gasteiger partial charge in [-0.1, -0.05) is 0 Å². The van der Waals surface area contributed by atoms with Gasteiger partial charge in [-0.2, -0.15) is 0 Å². The van der Waals surface area contributed by atoms with E-state index in [4.69, 9.17) is 5.14 Å². The molecule has 1 aliphatic rings. The molecule has 0 aromatic rings. The number of carbonyl (C=O) groups excluding carboxylic acids is 1. The molecule has 0 radical (unpaired) electrons. The van der Waals surface area contributed by atoms with Crippen molar-refractivity contribution in [2.75, 3.05) is 13.6 Å². The normalized spacial score (nSPS) is 26.2. The minimum Gasteiger partial charge on any atom is -0.344 e. The third kappa shape index (κ3) is 1.69. The first-order valence-corrected chi connectivity index (χ1v) is 4.78. The topological polar surface area (TPSA) is 80.5 Å². The fraction of sp³-hybridized carbons (Fsp3) is 0.800. The van der Waals surface area contributed by atoms with Crippen LogP contribution in [-0.4, -0.2) is 38.1 Å². The van der Waals surface area contributed by atoms with Crippen molar-refractivity contribution < 1.29 is 13.2 Å². The van der Waals surface area contributed by atoms with Crippen LogP contribution in [0, 0.1) is 0 Å². The maximum atomic E-state index is 10.8. The number of rotatable bonds is 1. The molecule has 1 aliphatic heterocycles. The zero-order chi connectivity index (χ0) is 8.65. The van der Waals surface area contributed by atoms with Gasteiger partial charge in [0.15, 0.2) is 0 Å². The fourth-order valence-corrected chi connectivity index (χ4v) is 1.85. The Morgan fingerprint density at radius 1 is 1.64 bits per heavy atom. The lowest BCUT2D eigenvalue weighted by Crippen LogP contribution is -2.30. The average Bonchev–Trinajstić information content (AvgIpc) is 2.11. The quantitative estimate of drug-likeness (QED) is 0.531. The van der Waals surface area contributed by atoms with Gasteiger partial charge in [-0.15, -0.1) is 0 Å². The van der Waals surface area contributed by atoms with Gasteiger partial charge in [0.05, 0.1) is 0 Å². The van der Waals surface area contributed by atoms with Crippen molar-refractivity contribution in [1.29, 1.82) is 0 Å². The fourth-order valence-electron chi connectivity index (χ4n) is 1.04. The van der Waals surface area contributed by atoms with Crippen LogP contribution in [0.2, 0.25) is 0 Å². The molecule has 0 saturated carbocycles. The van der Waals surface area contributed by atoms with Gasteiger partial charge in [0, 0.05) is 20.0 Å². The summed E-state index contributed by atoms with van der Waals surface area (Å²) in [6, 6.07) is 0. The molecule has 1 amide bonds. The zero-order valence-corrected chi connectivity index (χ0v) is 6.97. The first kappa shape index (κ1) is 8.48. The van der Waals surface area contributed by atoms with E-state index in [1.54, 1.807) is 7.05 Å². The third-order valence-electron chi connectivity index (χ3n) is 1.77. The Labute approximate surface area is 65.2 Å². The van der Waals surface area contributed by atoms with E-state index in [9.17, 15) is 13.2 Å². The van der Waals surface area contributed by atoms with E-state index in [0.29, 0.717) is 0 Å². The van der Waals surface area contributed by atoms with Crippen molar-refractivity contribution >= 4 is 15.9 Å². The van der Waals surface area contributed by atoms with E-state index >= 15 is 0 Å². The van der Waals surface area contributed by atoms with Gasteiger partial charge in [-0.3, -0.25) is 4.79 Å². The summed E-state index contributed by atoms with van der Waals surface area (Å²) in [4.78, 5) is 12.2. The largest absolute Gasteiger partial charge is 0.344 e. The lowest BCUT2D eigenvalue weighted by molar-refractivity contribution is -0.126. The highest BCUT2D eigenvalue weighted by molar-refractivity contribution is 7.89. The van der Waals surface area contributed by atoms with E-state index in [2.05, 4.69) is 0 Å². The molecule has 0 bridgehead atoms. The van der Waals surface area contributed by atoms with Crippen molar-refractivity contribution in [2.45, 2.75) is 11.7 Å². The van der Waals surface area contributed by atoms with Crippen LogP contribution in [-0.2, 0) is 14.8 Å². The van der Waals surface area contributed by atoms with E-state index < -0.39 is 15.3 Å². The molecule has 1 unspecified atom stereocenters. The first-order chi connectivity index (χ1) is 4.91. The summed E-state index contributed by atoms with van der Waals surface area (Å²) in [5.41, 5.74) is 0. The minimum atomic E-state index is -3.53. The molecule has 0 spiro atoms. The highest BCUT2D eigenvalue weighted by Gasteiger charge is 2.34. The maximum Gasteiger partial charge on any atom is 0.223 e. The van der Waals surface area contributed by atoms with Gasteiger partial charge >= 0.3 is 0 Å². The van der Waals surface area contributed by atoms with E-state index in [0.717, 1.165) is 0 Å². The lowest BCUT2D eigenvalue weighted by Gasteiger charge is -2.07. The molecule has 11 heavy (non-hydrogen) atoms. The Morgan fingerprint density at radius 3 is 2.36 bits per heavy atom. The highest BCUT2D eigenvalue weighted by atomic mass is 32.2. The molecular formula is C5H10N2O3S. The van der Waals surface area contributed by atoms with Crippen LogP contribution in [0.15, 0.2) is 0 Å². The van der Waals surface area contributed by atoms with Crippen molar-refractivity contribution in [3.05, 3.63) is 0 Å². The molecule has 0 aromatic carbocycles. The number of carbonyl (C=O) groups is 1. The van der Waals surface area contributed by atoms with E-state index in [-0.39, 0.29) is 18.9 Å². The molecule has 0 aromatic heterocycles. The van der Waals surface area contributed by atoms with Crippen LogP contribution in [0.25, 0.3) is 0 Å². The number of hydrogen-bond acceptors (Lipinski definition) is 3. The number of sulfonamides is 1. The third-order valence-corrected chi connectivity index (χ3v) is 3.02. The molecule has 64 valence electrons. The second kappa shape index (κ2) is 2.46. The highest BCUT2D eigenvalue weighted by Crippen LogP contribution is 2.13. The minimum absolute atomic E-state index is 0.0231. The van der Waals surface area contributed by atoms with Gasteiger partial charge in [-0.25, -0.2) is 13.6 Å². The van der Waals surface area contributed by atoms with Gasteiger partial charge in [0.1, 0.15) is 5.25 Å². The van der Waals surface area contributed by atoms with Crippen molar-refractivity contribution in [1.82, 2.24) is 4.90 Å². The standard InChI is InChI=1S/C5H10N2O3S/c1-7-3-4(2-5(7)8)11(6,9)10/h4H,2-3H2,1H3,(H2,6,9,10). The van der Waals surface area contributed by atoms with Crippen molar-refractivity contribution in [3.8, 4) is 0 Å². The van der Waals surface area contributed by atoms with Gasteiger partial charge < -0.3 is 4.90 Å². The maximum absolute atomic E-state index is 10.8. The molecular weight excluding hydrogens is 168 g/mol.